The zero-order chi connectivity index (χ0) is 17.1. The molecule has 133 valence electrons. The van der Waals surface area contributed by atoms with Gasteiger partial charge in [-0.15, -0.1) is 5.01 Å². The molecule has 5 saturated carbocycles. The van der Waals surface area contributed by atoms with E-state index in [2.05, 4.69) is 75.7 Å². The number of rotatable bonds is 0. The highest BCUT2D eigenvalue weighted by atomic mass is 15.7. The molecule has 0 amide bonds. The summed E-state index contributed by atoms with van der Waals surface area (Å²) in [5.74, 6) is 5.75. The Hall–Kier alpha value is -0.160. The summed E-state index contributed by atoms with van der Waals surface area (Å²) in [5.41, 5.74) is 0.488. The van der Waals surface area contributed by atoms with Gasteiger partial charge in [0.1, 0.15) is 0 Å². The molecule has 4 heterocycles. The predicted octanol–water partition coefficient (Wildman–Crippen LogP) is 1.97. The highest BCUT2D eigenvalue weighted by molar-refractivity contribution is 5.38. The van der Waals surface area contributed by atoms with Crippen LogP contribution in [0.2, 0.25) is 0 Å². The van der Waals surface area contributed by atoms with E-state index in [1.54, 1.807) is 0 Å². The first-order valence-corrected chi connectivity index (χ1v) is 10.1. The van der Waals surface area contributed by atoms with Crippen LogP contribution in [0.5, 0.6) is 0 Å². The van der Waals surface area contributed by atoms with Crippen molar-refractivity contribution in [3.05, 3.63) is 0 Å². The number of hydrogen-bond acceptors (Lipinski definition) is 4. The van der Waals surface area contributed by atoms with E-state index in [1.807, 2.05) is 0 Å². The Labute approximate surface area is 147 Å². The third-order valence-corrected chi connectivity index (χ3v) is 8.86. The SMILES string of the molecule is CN1[C@@H]2C3C4C5C3[C@@H](C3C2[C@H]4N(C)[N+](C(C)(C)C)[C@H]53)N1C(C)(C)C. The summed E-state index contributed by atoms with van der Waals surface area (Å²) in [6.45, 7) is 14.5. The molecule has 0 aromatic rings. The van der Waals surface area contributed by atoms with E-state index in [1.165, 1.54) is 0 Å². The minimum atomic E-state index is 0.244. The molecular weight excluding hydrogens is 296 g/mol. The van der Waals surface area contributed by atoms with Crippen LogP contribution in [0.15, 0.2) is 0 Å². The van der Waals surface area contributed by atoms with Gasteiger partial charge in [-0.25, -0.2) is 10.0 Å². The maximum absolute atomic E-state index is 2.82. The van der Waals surface area contributed by atoms with Gasteiger partial charge in [-0.05, 0) is 59.3 Å². The van der Waals surface area contributed by atoms with E-state index < -0.39 is 0 Å². The summed E-state index contributed by atoms with van der Waals surface area (Å²) in [5, 5.41) is 11.0. The van der Waals surface area contributed by atoms with Crippen molar-refractivity contribution < 1.29 is 0 Å². The zero-order valence-corrected chi connectivity index (χ0v) is 16.6. The summed E-state index contributed by atoms with van der Waals surface area (Å²) in [6.07, 6.45) is 0. The van der Waals surface area contributed by atoms with Crippen LogP contribution in [-0.2, 0) is 0 Å². The summed E-state index contributed by atoms with van der Waals surface area (Å²) >= 11 is 0. The molecule has 10 atom stereocenters. The highest BCUT2D eigenvalue weighted by Gasteiger charge is 2.91. The lowest BCUT2D eigenvalue weighted by Crippen LogP contribution is -2.79. The van der Waals surface area contributed by atoms with Crippen molar-refractivity contribution in [3.63, 3.8) is 0 Å². The molecule has 0 aromatic carbocycles. The van der Waals surface area contributed by atoms with E-state index in [0.29, 0.717) is 0 Å². The van der Waals surface area contributed by atoms with E-state index in [-0.39, 0.29) is 11.1 Å². The molecule has 24 heavy (non-hydrogen) atoms. The summed E-state index contributed by atoms with van der Waals surface area (Å²) in [7, 11) is 4.80. The van der Waals surface area contributed by atoms with Gasteiger partial charge in [0.15, 0.2) is 11.6 Å². The Morgan fingerprint density at radius 2 is 1.25 bits per heavy atom. The second-order valence-electron chi connectivity index (χ2n) is 11.6. The van der Waals surface area contributed by atoms with Gasteiger partial charge < -0.3 is 0 Å². The third-order valence-electron chi connectivity index (χ3n) is 8.86. The minimum absolute atomic E-state index is 0.244. The van der Waals surface area contributed by atoms with Crippen molar-refractivity contribution in [1.29, 1.82) is 0 Å². The monoisotopic (exact) mass is 330 g/mol. The van der Waals surface area contributed by atoms with Gasteiger partial charge in [0.2, 0.25) is 0 Å². The molecule has 4 nitrogen and oxygen atoms in total. The molecule has 1 radical (unpaired) electrons. The first-order valence-electron chi connectivity index (χ1n) is 10.1. The molecule has 9 rings (SSSR count). The number of hydrazine groups is 2. The first-order chi connectivity index (χ1) is 11.1. The Morgan fingerprint density at radius 1 is 0.667 bits per heavy atom. The number of hydrogen-bond donors (Lipinski definition) is 0. The van der Waals surface area contributed by atoms with Crippen molar-refractivity contribution in [3.8, 4) is 0 Å². The molecule has 6 unspecified atom stereocenters. The van der Waals surface area contributed by atoms with Crippen molar-refractivity contribution >= 4 is 0 Å². The topological polar surface area (TPSA) is 15.6 Å². The van der Waals surface area contributed by atoms with Crippen molar-refractivity contribution in [2.45, 2.75) is 76.8 Å². The van der Waals surface area contributed by atoms with E-state index in [0.717, 1.165) is 59.7 Å². The smallest absolute Gasteiger partial charge is 0.163 e. The van der Waals surface area contributed by atoms with Crippen LogP contribution in [0.4, 0.5) is 0 Å². The van der Waals surface area contributed by atoms with Gasteiger partial charge in [-0.2, -0.15) is 0 Å². The van der Waals surface area contributed by atoms with E-state index in [4.69, 9.17) is 0 Å². The quantitative estimate of drug-likeness (QED) is 0.632. The van der Waals surface area contributed by atoms with Gasteiger partial charge in [-0.3, -0.25) is 0 Å². The predicted molar refractivity (Wildman–Crippen MR) is 95.1 cm³/mol. The minimum Gasteiger partial charge on any atom is -0.240 e. The lowest BCUT2D eigenvalue weighted by atomic mass is 9.54. The number of fused-ring (bicyclic) bond motifs is 2. The van der Waals surface area contributed by atoms with Crippen LogP contribution in [0.1, 0.15) is 41.5 Å². The molecule has 4 heteroatoms. The molecule has 5 aliphatic carbocycles. The second-order valence-corrected chi connectivity index (χ2v) is 11.6. The van der Waals surface area contributed by atoms with E-state index >= 15 is 0 Å². The van der Waals surface area contributed by atoms with Crippen LogP contribution in [0.3, 0.4) is 0 Å². The Morgan fingerprint density at radius 3 is 1.83 bits per heavy atom. The maximum atomic E-state index is 2.82. The Balaban J connectivity index is 1.52. The van der Waals surface area contributed by atoms with Crippen LogP contribution in [-0.4, -0.2) is 64.4 Å². The average molecular weight is 331 g/mol. The van der Waals surface area contributed by atoms with Crippen molar-refractivity contribution in [2.24, 2.45) is 35.5 Å². The zero-order valence-electron chi connectivity index (χ0n) is 16.6. The van der Waals surface area contributed by atoms with Crippen molar-refractivity contribution in [2.75, 3.05) is 14.1 Å². The molecule has 10 bridgehead atoms. The van der Waals surface area contributed by atoms with Gasteiger partial charge in [0.05, 0.1) is 6.04 Å². The Kier molecular flexibility index (Phi) is 2.34. The fraction of sp³-hybridized carbons (Fsp3) is 1.00. The molecular formula is C20H34N4+. The van der Waals surface area contributed by atoms with Gasteiger partial charge in [0.25, 0.3) is 0 Å². The molecule has 0 aromatic heterocycles. The van der Waals surface area contributed by atoms with Gasteiger partial charge in [-0.1, -0.05) is 5.01 Å². The standard InChI is InChI=1S/C20H34N4/c1-19(2,3)23-17-11-9-10-12(11)18-14(17)13(15(9)21(23)7)16(10)22(8)24(18)20(4,5)6/h9-18H,1-8H3/q+1/t9?,10?,11?,12?,13?,14?,15-,16+,17+,18-. The van der Waals surface area contributed by atoms with Gasteiger partial charge >= 0.3 is 0 Å². The van der Waals surface area contributed by atoms with Gasteiger partial charge in [0, 0.05) is 49.5 Å². The fourth-order valence-electron chi connectivity index (χ4n) is 9.24. The molecule has 0 spiro atoms. The molecule has 9 aliphatic rings. The summed E-state index contributed by atoms with van der Waals surface area (Å²) in [4.78, 5) is 0. The number of nitrogens with zero attached hydrogens (tertiary/aromatic N) is 4. The van der Waals surface area contributed by atoms with Crippen LogP contribution in [0.25, 0.3) is 0 Å². The summed E-state index contributed by atoms with van der Waals surface area (Å²) < 4.78 is 0. The van der Waals surface area contributed by atoms with Crippen LogP contribution in [0, 0.1) is 35.5 Å². The normalized spacial score (nSPS) is 59.0. The largest absolute Gasteiger partial charge is 0.240 e. The lowest BCUT2D eigenvalue weighted by molar-refractivity contribution is -0.262. The first kappa shape index (κ1) is 15.0. The summed E-state index contributed by atoms with van der Waals surface area (Å²) in [6, 6.07) is 3.21. The molecule has 4 aliphatic heterocycles. The Bertz CT molecular complexity index is 566. The van der Waals surface area contributed by atoms with Crippen LogP contribution < -0.4 is 5.01 Å². The van der Waals surface area contributed by atoms with E-state index in [9.17, 15) is 0 Å². The molecule has 4 saturated heterocycles. The average Bonchev–Trinajstić information content (AvgIpc) is 2.71. The molecule has 0 N–H and O–H groups in total. The van der Waals surface area contributed by atoms with Crippen molar-refractivity contribution in [1.82, 2.24) is 20.0 Å². The molecule has 9 fully saturated rings. The lowest BCUT2D eigenvalue weighted by Gasteiger charge is -2.65. The third kappa shape index (κ3) is 1.23. The second kappa shape index (κ2) is 3.76. The maximum Gasteiger partial charge on any atom is 0.163 e. The fourth-order valence-corrected chi connectivity index (χ4v) is 9.24. The highest BCUT2D eigenvalue weighted by Crippen LogP contribution is 2.80. The van der Waals surface area contributed by atoms with Crippen LogP contribution >= 0.6 is 0 Å².